The standard InChI is InChI=1S/C10H18N2O2/c11-9(14)10(12-7-3-4-7)5-1-2-8(13)6-10/h7-8,12-13H,1-6H2,(H2,11,14). The molecule has 2 unspecified atom stereocenters. The molecule has 0 spiro atoms. The molecular weight excluding hydrogens is 180 g/mol. The van der Waals surface area contributed by atoms with Crippen molar-refractivity contribution in [3.05, 3.63) is 0 Å². The number of hydrogen-bond acceptors (Lipinski definition) is 3. The fourth-order valence-corrected chi connectivity index (χ4v) is 2.29. The van der Waals surface area contributed by atoms with E-state index in [9.17, 15) is 9.90 Å². The lowest BCUT2D eigenvalue weighted by molar-refractivity contribution is -0.127. The van der Waals surface area contributed by atoms with Gasteiger partial charge in [0, 0.05) is 12.5 Å². The maximum Gasteiger partial charge on any atom is 0.237 e. The van der Waals surface area contributed by atoms with E-state index >= 15 is 0 Å². The molecule has 4 nitrogen and oxygen atoms in total. The Labute approximate surface area is 83.9 Å². The number of carbonyl (C=O) groups is 1. The van der Waals surface area contributed by atoms with E-state index in [1.54, 1.807) is 0 Å². The number of nitrogens with one attached hydrogen (secondary N) is 1. The molecule has 0 heterocycles. The first-order chi connectivity index (χ1) is 6.62. The number of nitrogens with two attached hydrogens (primary N) is 1. The summed E-state index contributed by atoms with van der Waals surface area (Å²) in [6.07, 6.45) is 4.82. The lowest BCUT2D eigenvalue weighted by Crippen LogP contribution is -2.59. The molecule has 14 heavy (non-hydrogen) atoms. The molecule has 0 aliphatic heterocycles. The van der Waals surface area contributed by atoms with Crippen LogP contribution >= 0.6 is 0 Å². The van der Waals surface area contributed by atoms with Gasteiger partial charge >= 0.3 is 0 Å². The number of primary amides is 1. The maximum absolute atomic E-state index is 11.4. The number of rotatable bonds is 3. The van der Waals surface area contributed by atoms with Crippen molar-refractivity contribution in [2.45, 2.75) is 56.2 Å². The van der Waals surface area contributed by atoms with Crippen LogP contribution in [0.25, 0.3) is 0 Å². The molecule has 2 aliphatic rings. The van der Waals surface area contributed by atoms with Crippen LogP contribution in [-0.2, 0) is 4.79 Å². The molecule has 1 amide bonds. The number of hydrogen-bond donors (Lipinski definition) is 3. The molecule has 0 radical (unpaired) electrons. The van der Waals surface area contributed by atoms with Crippen LogP contribution in [0.3, 0.4) is 0 Å². The van der Waals surface area contributed by atoms with Crippen LogP contribution in [0.4, 0.5) is 0 Å². The molecule has 4 heteroatoms. The highest BCUT2D eigenvalue weighted by molar-refractivity contribution is 5.85. The van der Waals surface area contributed by atoms with Gasteiger partial charge in [0.25, 0.3) is 0 Å². The van der Waals surface area contributed by atoms with Gasteiger partial charge in [-0.2, -0.15) is 0 Å². The van der Waals surface area contributed by atoms with Crippen LogP contribution in [-0.4, -0.2) is 28.7 Å². The van der Waals surface area contributed by atoms with Gasteiger partial charge in [0.15, 0.2) is 0 Å². The molecule has 2 atom stereocenters. The highest BCUT2D eigenvalue weighted by Gasteiger charge is 2.44. The Morgan fingerprint density at radius 2 is 2.14 bits per heavy atom. The number of aliphatic hydroxyl groups excluding tert-OH is 1. The van der Waals surface area contributed by atoms with Crippen LogP contribution in [0.5, 0.6) is 0 Å². The van der Waals surface area contributed by atoms with E-state index < -0.39 is 5.54 Å². The quantitative estimate of drug-likeness (QED) is 0.592. The third-order valence-corrected chi connectivity index (χ3v) is 3.25. The highest BCUT2D eigenvalue weighted by atomic mass is 16.3. The zero-order chi connectivity index (χ0) is 10.2. The van der Waals surface area contributed by atoms with Crippen LogP contribution < -0.4 is 11.1 Å². The lowest BCUT2D eigenvalue weighted by atomic mass is 9.79. The van der Waals surface area contributed by atoms with Gasteiger partial charge in [0.2, 0.25) is 5.91 Å². The van der Waals surface area contributed by atoms with E-state index in [1.807, 2.05) is 0 Å². The predicted molar refractivity (Wildman–Crippen MR) is 52.6 cm³/mol. The van der Waals surface area contributed by atoms with Crippen LogP contribution in [0.1, 0.15) is 38.5 Å². The summed E-state index contributed by atoms with van der Waals surface area (Å²) < 4.78 is 0. The third kappa shape index (κ3) is 1.91. The summed E-state index contributed by atoms with van der Waals surface area (Å²) >= 11 is 0. The van der Waals surface area contributed by atoms with Gasteiger partial charge in [-0.15, -0.1) is 0 Å². The SMILES string of the molecule is NC(=O)C1(NC2CC2)CCCC(O)C1. The summed E-state index contributed by atoms with van der Waals surface area (Å²) in [5, 5.41) is 12.9. The molecule has 0 aromatic heterocycles. The van der Waals surface area contributed by atoms with Gasteiger partial charge in [-0.25, -0.2) is 0 Å². The summed E-state index contributed by atoms with van der Waals surface area (Å²) in [6.45, 7) is 0. The minimum absolute atomic E-state index is 0.303. The molecule has 80 valence electrons. The van der Waals surface area contributed by atoms with Crippen LogP contribution in [0.15, 0.2) is 0 Å². The summed E-state index contributed by atoms with van der Waals surface area (Å²) in [5.74, 6) is -0.303. The molecule has 2 rings (SSSR count). The zero-order valence-corrected chi connectivity index (χ0v) is 8.33. The average Bonchev–Trinajstić information content (AvgIpc) is 2.88. The van der Waals surface area contributed by atoms with Crippen molar-refractivity contribution in [1.29, 1.82) is 0 Å². The fraction of sp³-hybridized carbons (Fsp3) is 0.900. The summed E-state index contributed by atoms with van der Waals surface area (Å²) in [5.41, 5.74) is 4.80. The van der Waals surface area contributed by atoms with E-state index in [4.69, 9.17) is 5.73 Å². The first-order valence-corrected chi connectivity index (χ1v) is 5.38. The third-order valence-electron chi connectivity index (χ3n) is 3.25. The van der Waals surface area contributed by atoms with Gasteiger partial charge in [0.05, 0.1) is 6.10 Å². The van der Waals surface area contributed by atoms with E-state index in [1.165, 1.54) is 0 Å². The summed E-state index contributed by atoms with van der Waals surface area (Å²) in [6, 6.07) is 0.452. The van der Waals surface area contributed by atoms with Crippen LogP contribution in [0, 0.1) is 0 Å². The van der Waals surface area contributed by atoms with Gasteiger partial charge in [-0.3, -0.25) is 4.79 Å². The second-order valence-electron chi connectivity index (χ2n) is 4.62. The molecule has 0 bridgehead atoms. The predicted octanol–water partition coefficient (Wildman–Crippen LogP) is -0.103. The maximum atomic E-state index is 11.4. The first-order valence-electron chi connectivity index (χ1n) is 5.38. The van der Waals surface area contributed by atoms with Gasteiger partial charge in [0.1, 0.15) is 5.54 Å². The van der Waals surface area contributed by atoms with Crippen molar-refractivity contribution in [2.24, 2.45) is 5.73 Å². The Balaban J connectivity index is 2.06. The zero-order valence-electron chi connectivity index (χ0n) is 8.33. The smallest absolute Gasteiger partial charge is 0.237 e. The number of amides is 1. The van der Waals surface area contributed by atoms with Crippen molar-refractivity contribution in [1.82, 2.24) is 5.32 Å². The Morgan fingerprint density at radius 3 is 2.64 bits per heavy atom. The second-order valence-corrected chi connectivity index (χ2v) is 4.62. The topological polar surface area (TPSA) is 75.4 Å². The number of carbonyl (C=O) groups excluding carboxylic acids is 1. The molecule has 0 saturated heterocycles. The van der Waals surface area contributed by atoms with Crippen LogP contribution in [0.2, 0.25) is 0 Å². The largest absolute Gasteiger partial charge is 0.393 e. The van der Waals surface area contributed by atoms with Crippen molar-refractivity contribution < 1.29 is 9.90 Å². The van der Waals surface area contributed by atoms with Gasteiger partial charge in [-0.1, -0.05) is 0 Å². The summed E-state index contributed by atoms with van der Waals surface area (Å²) in [4.78, 5) is 11.4. The second kappa shape index (κ2) is 3.51. The normalized spacial score (nSPS) is 38.2. The molecule has 2 saturated carbocycles. The minimum atomic E-state index is -0.626. The molecular formula is C10H18N2O2. The van der Waals surface area contributed by atoms with Crippen molar-refractivity contribution in [3.63, 3.8) is 0 Å². The minimum Gasteiger partial charge on any atom is -0.393 e. The molecule has 2 aliphatic carbocycles. The van der Waals surface area contributed by atoms with Gasteiger partial charge < -0.3 is 16.2 Å². The Bertz CT molecular complexity index is 236. The van der Waals surface area contributed by atoms with Crippen molar-refractivity contribution >= 4 is 5.91 Å². The number of aliphatic hydroxyl groups is 1. The average molecular weight is 198 g/mol. The highest BCUT2D eigenvalue weighted by Crippen LogP contribution is 2.32. The fourth-order valence-electron chi connectivity index (χ4n) is 2.29. The van der Waals surface area contributed by atoms with E-state index in [-0.39, 0.29) is 12.0 Å². The van der Waals surface area contributed by atoms with Crippen molar-refractivity contribution in [2.75, 3.05) is 0 Å². The Morgan fingerprint density at radius 1 is 1.43 bits per heavy atom. The molecule has 0 aromatic rings. The van der Waals surface area contributed by atoms with Gasteiger partial charge in [-0.05, 0) is 32.1 Å². The van der Waals surface area contributed by atoms with E-state index in [2.05, 4.69) is 5.32 Å². The van der Waals surface area contributed by atoms with Crippen molar-refractivity contribution in [3.8, 4) is 0 Å². The Hall–Kier alpha value is -0.610. The first kappa shape index (κ1) is 9.93. The molecule has 0 aromatic carbocycles. The lowest BCUT2D eigenvalue weighted by Gasteiger charge is -2.37. The van der Waals surface area contributed by atoms with E-state index in [0.29, 0.717) is 12.5 Å². The molecule has 2 fully saturated rings. The monoisotopic (exact) mass is 198 g/mol. The molecule has 4 N–H and O–H groups in total. The summed E-state index contributed by atoms with van der Waals surface area (Å²) in [7, 11) is 0. The van der Waals surface area contributed by atoms with E-state index in [0.717, 1.165) is 32.1 Å². The Kier molecular flexibility index (Phi) is 2.49.